The monoisotopic (exact) mass is 675 g/mol. The third-order valence-electron chi connectivity index (χ3n) is 10.5. The van der Waals surface area contributed by atoms with Crippen LogP contribution < -0.4 is 30.4 Å². The summed E-state index contributed by atoms with van der Waals surface area (Å²) in [6.45, 7) is 6.39. The van der Waals surface area contributed by atoms with E-state index in [2.05, 4.69) is 48.3 Å². The van der Waals surface area contributed by atoms with Crippen LogP contribution in [0.2, 0.25) is 0 Å². The number of fused-ring (bicyclic) bond motifs is 1. The minimum absolute atomic E-state index is 0.0363. The van der Waals surface area contributed by atoms with Crippen molar-refractivity contribution < 1.29 is 13.9 Å². The molecule has 2 atom stereocenters. The Labute approximate surface area is 290 Å². The zero-order chi connectivity index (χ0) is 34.4. The molecule has 1 unspecified atom stereocenters. The maximum Gasteiger partial charge on any atom is 0.213 e. The first-order valence-corrected chi connectivity index (χ1v) is 17.4. The number of nitrogens with two attached hydrogens (primary N) is 1. The van der Waals surface area contributed by atoms with Crippen molar-refractivity contribution >= 4 is 28.1 Å². The van der Waals surface area contributed by atoms with Crippen molar-refractivity contribution in [2.45, 2.75) is 57.9 Å². The minimum Gasteiger partial charge on any atom is -0.487 e. The normalized spacial score (nSPS) is 18.6. The highest BCUT2D eigenvalue weighted by atomic mass is 19.1. The Morgan fingerprint density at radius 3 is 2.74 bits per heavy atom. The number of halogens is 1. The third kappa shape index (κ3) is 6.00. The molecule has 11 heteroatoms. The Hall–Kier alpha value is -5.16. The molecule has 10 nitrogen and oxygen atoms in total. The largest absolute Gasteiger partial charge is 0.487 e. The van der Waals surface area contributed by atoms with Crippen molar-refractivity contribution in [3.63, 3.8) is 0 Å². The lowest BCUT2D eigenvalue weighted by molar-refractivity contribution is 0.157. The smallest absolute Gasteiger partial charge is 0.213 e. The van der Waals surface area contributed by atoms with E-state index >= 15 is 4.39 Å². The molecule has 0 spiro atoms. The minimum atomic E-state index is -0.428. The standard InChI is InChI=1S/C39H42FN7O3/c1-25-24-50-39-36-32(17-33(40)37(39)45-15-12-27-6-3-4-7-28(27)20-45)38(48)29(22-47(25)36)21-46(19-26-11-13-42-35(16-26)49-2)31-8-5-14-44(23-31)30-9-10-34(41)43-18-30/h3-4,6-7,9-11,13,16-18,22,25,31H,5,8,12,14-15,19-21,23-24H2,1-2H3,(H2,41,43)/t25?,31-/m0/s1. The maximum absolute atomic E-state index is 16.3. The van der Waals surface area contributed by atoms with E-state index in [1.807, 2.05) is 48.8 Å². The molecule has 258 valence electrons. The van der Waals surface area contributed by atoms with Crippen LogP contribution in [0.4, 0.5) is 21.6 Å². The molecule has 2 aromatic carbocycles. The van der Waals surface area contributed by atoms with Gasteiger partial charge in [-0.05, 0) is 67.1 Å². The fourth-order valence-electron chi connectivity index (χ4n) is 7.86. The number of aromatic nitrogens is 3. The van der Waals surface area contributed by atoms with E-state index in [4.69, 9.17) is 15.2 Å². The number of hydrogen-bond acceptors (Lipinski definition) is 9. The molecule has 1 fully saturated rings. The van der Waals surface area contributed by atoms with Gasteiger partial charge in [-0.1, -0.05) is 24.3 Å². The van der Waals surface area contributed by atoms with Crippen LogP contribution in [0.25, 0.3) is 10.9 Å². The Bertz CT molecular complexity index is 2100. The Morgan fingerprint density at radius 1 is 1.06 bits per heavy atom. The predicted molar refractivity (Wildman–Crippen MR) is 193 cm³/mol. The van der Waals surface area contributed by atoms with Gasteiger partial charge in [-0.2, -0.15) is 0 Å². The first-order chi connectivity index (χ1) is 24.4. The molecule has 0 bridgehead atoms. The van der Waals surface area contributed by atoms with Crippen molar-refractivity contribution in [3.8, 4) is 11.6 Å². The predicted octanol–water partition coefficient (Wildman–Crippen LogP) is 5.71. The molecule has 3 aliphatic rings. The van der Waals surface area contributed by atoms with Gasteiger partial charge in [0.15, 0.2) is 17.0 Å². The summed E-state index contributed by atoms with van der Waals surface area (Å²) >= 11 is 0. The molecule has 0 amide bonds. The molecular weight excluding hydrogens is 633 g/mol. The Morgan fingerprint density at radius 2 is 1.92 bits per heavy atom. The fourth-order valence-corrected chi connectivity index (χ4v) is 7.86. The number of ether oxygens (including phenoxy) is 2. The topological polar surface area (TPSA) is 102 Å². The first-order valence-electron chi connectivity index (χ1n) is 17.4. The average Bonchev–Trinajstić information content (AvgIpc) is 3.14. The van der Waals surface area contributed by atoms with Crippen LogP contribution >= 0.6 is 0 Å². The van der Waals surface area contributed by atoms with Gasteiger partial charge >= 0.3 is 0 Å². The number of nitrogens with zero attached hydrogens (tertiary/aromatic N) is 6. The summed E-state index contributed by atoms with van der Waals surface area (Å²) in [6, 6.07) is 17.6. The van der Waals surface area contributed by atoms with E-state index in [-0.39, 0.29) is 17.5 Å². The van der Waals surface area contributed by atoms with Gasteiger partial charge in [-0.3, -0.25) is 9.69 Å². The Balaban J connectivity index is 1.17. The molecule has 0 saturated carbocycles. The zero-order valence-electron chi connectivity index (χ0n) is 28.5. The third-order valence-corrected chi connectivity index (χ3v) is 10.5. The molecule has 50 heavy (non-hydrogen) atoms. The molecule has 6 heterocycles. The van der Waals surface area contributed by atoms with Crippen molar-refractivity contribution in [1.82, 2.24) is 19.4 Å². The molecule has 0 radical (unpaired) electrons. The number of nitrogen functional groups attached to an aromatic ring is 1. The molecule has 0 aliphatic carbocycles. The number of rotatable bonds is 8. The van der Waals surface area contributed by atoms with Gasteiger partial charge < -0.3 is 29.6 Å². The summed E-state index contributed by atoms with van der Waals surface area (Å²) in [6.07, 6.45) is 8.33. The van der Waals surface area contributed by atoms with Crippen LogP contribution in [-0.4, -0.2) is 58.8 Å². The van der Waals surface area contributed by atoms with Crippen LogP contribution in [-0.2, 0) is 26.1 Å². The van der Waals surface area contributed by atoms with Crippen molar-refractivity contribution in [2.75, 3.05) is 48.9 Å². The van der Waals surface area contributed by atoms with E-state index in [1.54, 1.807) is 13.3 Å². The Kier molecular flexibility index (Phi) is 8.52. The molecule has 3 aromatic heterocycles. The van der Waals surface area contributed by atoms with Crippen LogP contribution in [0.5, 0.6) is 11.6 Å². The summed E-state index contributed by atoms with van der Waals surface area (Å²) < 4.78 is 30.2. The van der Waals surface area contributed by atoms with E-state index in [0.29, 0.717) is 72.4 Å². The van der Waals surface area contributed by atoms with Crippen LogP contribution in [0.3, 0.4) is 0 Å². The van der Waals surface area contributed by atoms with Crippen molar-refractivity contribution in [3.05, 3.63) is 111 Å². The second kappa shape index (κ2) is 13.3. The molecular formula is C39H42FN7O3. The molecule has 5 aromatic rings. The first kappa shape index (κ1) is 32.1. The van der Waals surface area contributed by atoms with E-state index in [9.17, 15) is 4.79 Å². The van der Waals surface area contributed by atoms with Gasteiger partial charge in [0.1, 0.15) is 18.1 Å². The molecule has 2 N–H and O–H groups in total. The van der Waals surface area contributed by atoms with Gasteiger partial charge in [0.25, 0.3) is 0 Å². The number of hydrogen-bond donors (Lipinski definition) is 1. The van der Waals surface area contributed by atoms with E-state index in [0.717, 1.165) is 43.6 Å². The van der Waals surface area contributed by atoms with Gasteiger partial charge in [-0.25, -0.2) is 14.4 Å². The van der Waals surface area contributed by atoms with Crippen LogP contribution in [0, 0.1) is 5.82 Å². The highest BCUT2D eigenvalue weighted by molar-refractivity contribution is 5.92. The zero-order valence-corrected chi connectivity index (χ0v) is 28.5. The number of anilines is 3. The quantitative estimate of drug-likeness (QED) is 0.222. The van der Waals surface area contributed by atoms with Gasteiger partial charge in [0, 0.05) is 69.3 Å². The lowest BCUT2D eigenvalue weighted by Crippen LogP contribution is -2.48. The van der Waals surface area contributed by atoms with Crippen molar-refractivity contribution in [1.29, 1.82) is 0 Å². The lowest BCUT2D eigenvalue weighted by Gasteiger charge is -2.40. The maximum atomic E-state index is 16.3. The summed E-state index contributed by atoms with van der Waals surface area (Å²) in [7, 11) is 1.61. The van der Waals surface area contributed by atoms with Gasteiger partial charge in [0.2, 0.25) is 5.88 Å². The van der Waals surface area contributed by atoms with Crippen molar-refractivity contribution in [2.24, 2.45) is 0 Å². The molecule has 8 rings (SSSR count). The van der Waals surface area contributed by atoms with Gasteiger partial charge in [-0.15, -0.1) is 0 Å². The lowest BCUT2D eigenvalue weighted by atomic mass is 9.98. The molecule has 1 saturated heterocycles. The highest BCUT2D eigenvalue weighted by Crippen LogP contribution is 2.43. The summed E-state index contributed by atoms with van der Waals surface area (Å²) in [5.74, 6) is 1.06. The number of pyridine rings is 3. The van der Waals surface area contributed by atoms with Crippen LogP contribution in [0.1, 0.15) is 48.1 Å². The number of benzene rings is 2. The molecule has 3 aliphatic heterocycles. The SMILES string of the molecule is COc1cc(CN(Cc2cn3c4c(c(N5CCc6ccccc6C5)c(F)cc4c2=O)OCC3C)[C@H]2CCCN(c3ccc(N)nc3)C2)ccn1. The highest BCUT2D eigenvalue weighted by Gasteiger charge is 2.32. The van der Waals surface area contributed by atoms with Crippen LogP contribution in [0.15, 0.2) is 78.0 Å². The van der Waals surface area contributed by atoms with E-state index < -0.39 is 5.82 Å². The number of methoxy groups -OCH3 is 1. The fraction of sp³-hybridized carbons (Fsp3) is 0.359. The summed E-state index contributed by atoms with van der Waals surface area (Å²) in [5, 5.41) is 0.353. The second-order valence-electron chi connectivity index (χ2n) is 13.7. The van der Waals surface area contributed by atoms with Gasteiger partial charge in [0.05, 0.1) is 35.9 Å². The average molecular weight is 676 g/mol. The summed E-state index contributed by atoms with van der Waals surface area (Å²) in [4.78, 5) is 29.8. The number of piperidine rings is 1. The second-order valence-corrected chi connectivity index (χ2v) is 13.7. The summed E-state index contributed by atoms with van der Waals surface area (Å²) in [5.41, 5.74) is 12.0. The van der Waals surface area contributed by atoms with E-state index in [1.165, 1.54) is 17.2 Å².